The largest absolute Gasteiger partial charge is 0.393 e. The van der Waals surface area contributed by atoms with Crippen molar-refractivity contribution in [1.82, 2.24) is 0 Å². The SMILES string of the molecule is CCOCC(O)CCC(O)C(C)C. The summed E-state index contributed by atoms with van der Waals surface area (Å²) in [5.41, 5.74) is 0. The minimum atomic E-state index is -0.437. The van der Waals surface area contributed by atoms with Crippen LogP contribution >= 0.6 is 0 Å². The number of rotatable bonds is 7. The van der Waals surface area contributed by atoms with Gasteiger partial charge in [-0.25, -0.2) is 0 Å². The van der Waals surface area contributed by atoms with Crippen LogP contribution in [0.4, 0.5) is 0 Å². The first-order chi connectivity index (χ1) is 6.07. The molecule has 3 nitrogen and oxygen atoms in total. The van der Waals surface area contributed by atoms with Gasteiger partial charge in [0.15, 0.2) is 0 Å². The molecule has 0 amide bonds. The molecule has 2 unspecified atom stereocenters. The maximum absolute atomic E-state index is 9.45. The van der Waals surface area contributed by atoms with Crippen molar-refractivity contribution in [3.8, 4) is 0 Å². The van der Waals surface area contributed by atoms with E-state index in [2.05, 4.69) is 0 Å². The van der Waals surface area contributed by atoms with Gasteiger partial charge in [0.1, 0.15) is 0 Å². The Balaban J connectivity index is 3.40. The van der Waals surface area contributed by atoms with Crippen molar-refractivity contribution in [2.45, 2.75) is 45.8 Å². The summed E-state index contributed by atoms with van der Waals surface area (Å²) in [6, 6.07) is 0. The molecule has 2 N–H and O–H groups in total. The molecule has 0 aromatic carbocycles. The number of ether oxygens (including phenoxy) is 1. The van der Waals surface area contributed by atoms with Gasteiger partial charge < -0.3 is 14.9 Å². The molecule has 80 valence electrons. The molecule has 13 heavy (non-hydrogen) atoms. The summed E-state index contributed by atoms with van der Waals surface area (Å²) >= 11 is 0. The van der Waals surface area contributed by atoms with Gasteiger partial charge in [0.2, 0.25) is 0 Å². The Morgan fingerprint density at radius 1 is 1.15 bits per heavy atom. The van der Waals surface area contributed by atoms with Crippen LogP contribution in [0.15, 0.2) is 0 Å². The van der Waals surface area contributed by atoms with Gasteiger partial charge in [-0.1, -0.05) is 13.8 Å². The molecule has 0 saturated carbocycles. The molecule has 0 aliphatic rings. The summed E-state index contributed by atoms with van der Waals surface area (Å²) in [6.45, 7) is 6.85. The standard InChI is InChI=1S/C10H22O3/c1-4-13-7-9(11)5-6-10(12)8(2)3/h8-12H,4-7H2,1-3H3. The van der Waals surface area contributed by atoms with Crippen LogP contribution in [-0.2, 0) is 4.74 Å². The van der Waals surface area contributed by atoms with E-state index < -0.39 is 6.10 Å². The minimum absolute atomic E-state index is 0.263. The fourth-order valence-electron chi connectivity index (χ4n) is 1.03. The first kappa shape index (κ1) is 12.9. The highest BCUT2D eigenvalue weighted by atomic mass is 16.5. The molecule has 3 heteroatoms. The van der Waals surface area contributed by atoms with Gasteiger partial charge in [-0.05, 0) is 25.7 Å². The summed E-state index contributed by atoms with van der Waals surface area (Å²) in [6.07, 6.45) is 0.509. The molecular formula is C10H22O3. The molecule has 0 aromatic heterocycles. The zero-order valence-corrected chi connectivity index (χ0v) is 8.86. The third-order valence-electron chi connectivity index (χ3n) is 2.08. The predicted octanol–water partition coefficient (Wildman–Crippen LogP) is 1.18. The maximum atomic E-state index is 9.45. The van der Waals surface area contributed by atoms with Gasteiger partial charge in [0, 0.05) is 6.61 Å². The highest BCUT2D eigenvalue weighted by molar-refractivity contribution is 4.63. The lowest BCUT2D eigenvalue weighted by atomic mass is 10.0. The molecule has 0 radical (unpaired) electrons. The number of hydrogen-bond donors (Lipinski definition) is 2. The maximum Gasteiger partial charge on any atom is 0.0774 e. The van der Waals surface area contributed by atoms with E-state index in [4.69, 9.17) is 4.74 Å². The highest BCUT2D eigenvalue weighted by Crippen LogP contribution is 2.09. The molecule has 0 bridgehead atoms. The molecule has 2 atom stereocenters. The highest BCUT2D eigenvalue weighted by Gasteiger charge is 2.11. The van der Waals surface area contributed by atoms with Crippen LogP contribution in [-0.4, -0.2) is 35.6 Å². The average Bonchev–Trinajstić information content (AvgIpc) is 2.10. The van der Waals surface area contributed by atoms with E-state index in [-0.39, 0.29) is 12.0 Å². The lowest BCUT2D eigenvalue weighted by Gasteiger charge is -2.16. The van der Waals surface area contributed by atoms with Gasteiger partial charge >= 0.3 is 0 Å². The second-order valence-corrected chi connectivity index (χ2v) is 3.70. The van der Waals surface area contributed by atoms with E-state index in [0.717, 1.165) is 0 Å². The Bertz CT molecular complexity index is 115. The zero-order valence-electron chi connectivity index (χ0n) is 8.86. The zero-order chi connectivity index (χ0) is 10.3. The first-order valence-corrected chi connectivity index (χ1v) is 5.01. The van der Waals surface area contributed by atoms with Crippen LogP contribution in [0.2, 0.25) is 0 Å². The smallest absolute Gasteiger partial charge is 0.0774 e. The van der Waals surface area contributed by atoms with Crippen LogP contribution in [0.5, 0.6) is 0 Å². The summed E-state index contributed by atoms with van der Waals surface area (Å²) in [5.74, 6) is 0.263. The van der Waals surface area contributed by atoms with E-state index in [1.165, 1.54) is 0 Å². The van der Waals surface area contributed by atoms with E-state index >= 15 is 0 Å². The molecule has 0 aromatic rings. The van der Waals surface area contributed by atoms with Gasteiger partial charge in [-0.3, -0.25) is 0 Å². The molecule has 0 heterocycles. The molecule has 0 aliphatic carbocycles. The number of aliphatic hydroxyl groups is 2. The Morgan fingerprint density at radius 3 is 2.23 bits per heavy atom. The number of aliphatic hydroxyl groups excluding tert-OH is 2. The van der Waals surface area contributed by atoms with Crippen molar-refractivity contribution in [2.24, 2.45) is 5.92 Å². The lowest BCUT2D eigenvalue weighted by molar-refractivity contribution is 0.0238. The summed E-state index contributed by atoms with van der Waals surface area (Å²) in [4.78, 5) is 0. The third-order valence-corrected chi connectivity index (χ3v) is 2.08. The van der Waals surface area contributed by atoms with Gasteiger partial charge in [-0.15, -0.1) is 0 Å². The topological polar surface area (TPSA) is 49.7 Å². The van der Waals surface area contributed by atoms with E-state index in [9.17, 15) is 10.2 Å². The Morgan fingerprint density at radius 2 is 1.77 bits per heavy atom. The Labute approximate surface area is 80.7 Å². The van der Waals surface area contributed by atoms with E-state index in [0.29, 0.717) is 26.1 Å². The van der Waals surface area contributed by atoms with Crippen LogP contribution < -0.4 is 0 Å². The first-order valence-electron chi connectivity index (χ1n) is 5.01. The normalized spacial score (nSPS) is 16.2. The summed E-state index contributed by atoms with van der Waals surface area (Å²) in [5, 5.41) is 18.8. The molecule has 0 spiro atoms. The van der Waals surface area contributed by atoms with Crippen molar-refractivity contribution in [3.05, 3.63) is 0 Å². The Kier molecular flexibility index (Phi) is 7.23. The quantitative estimate of drug-likeness (QED) is 0.634. The van der Waals surface area contributed by atoms with Crippen molar-refractivity contribution in [2.75, 3.05) is 13.2 Å². The third kappa shape index (κ3) is 6.99. The van der Waals surface area contributed by atoms with E-state index in [1.54, 1.807) is 0 Å². The van der Waals surface area contributed by atoms with Gasteiger partial charge in [0.25, 0.3) is 0 Å². The van der Waals surface area contributed by atoms with Crippen LogP contribution in [0.25, 0.3) is 0 Å². The van der Waals surface area contributed by atoms with Crippen molar-refractivity contribution >= 4 is 0 Å². The minimum Gasteiger partial charge on any atom is -0.393 e. The fraction of sp³-hybridized carbons (Fsp3) is 1.00. The Hall–Kier alpha value is -0.120. The molecule has 0 rings (SSSR count). The average molecular weight is 190 g/mol. The van der Waals surface area contributed by atoms with Gasteiger partial charge in [-0.2, -0.15) is 0 Å². The second kappa shape index (κ2) is 7.30. The second-order valence-electron chi connectivity index (χ2n) is 3.70. The van der Waals surface area contributed by atoms with Crippen LogP contribution in [0, 0.1) is 5.92 Å². The number of hydrogen-bond acceptors (Lipinski definition) is 3. The molecular weight excluding hydrogens is 168 g/mol. The van der Waals surface area contributed by atoms with Crippen molar-refractivity contribution in [3.63, 3.8) is 0 Å². The molecule has 0 fully saturated rings. The monoisotopic (exact) mass is 190 g/mol. The molecule has 0 aliphatic heterocycles. The molecule has 0 saturated heterocycles. The fourth-order valence-corrected chi connectivity index (χ4v) is 1.03. The summed E-state index contributed by atoms with van der Waals surface area (Å²) < 4.78 is 5.06. The predicted molar refractivity (Wildman–Crippen MR) is 52.6 cm³/mol. The van der Waals surface area contributed by atoms with Gasteiger partial charge in [0.05, 0.1) is 18.8 Å². The van der Waals surface area contributed by atoms with Crippen LogP contribution in [0.1, 0.15) is 33.6 Å². The van der Waals surface area contributed by atoms with Crippen LogP contribution in [0.3, 0.4) is 0 Å². The van der Waals surface area contributed by atoms with Crippen molar-refractivity contribution in [1.29, 1.82) is 0 Å². The lowest BCUT2D eigenvalue weighted by Crippen LogP contribution is -2.21. The summed E-state index contributed by atoms with van der Waals surface area (Å²) in [7, 11) is 0. The van der Waals surface area contributed by atoms with E-state index in [1.807, 2.05) is 20.8 Å². The van der Waals surface area contributed by atoms with Crippen molar-refractivity contribution < 1.29 is 14.9 Å².